The van der Waals surface area contributed by atoms with E-state index >= 15 is 0 Å². The van der Waals surface area contributed by atoms with Crippen LogP contribution in [0, 0.1) is 6.92 Å². The largest absolute Gasteiger partial charge is 0.416 e. The summed E-state index contributed by atoms with van der Waals surface area (Å²) < 4.78 is 38.6. The van der Waals surface area contributed by atoms with Gasteiger partial charge in [0.2, 0.25) is 0 Å². The zero-order valence-electron chi connectivity index (χ0n) is 15.0. The summed E-state index contributed by atoms with van der Waals surface area (Å²) in [4.78, 5) is 16.7. The van der Waals surface area contributed by atoms with Gasteiger partial charge in [0.1, 0.15) is 0 Å². The highest BCUT2D eigenvalue weighted by atomic mass is 19.4. The number of carbonyl (C=O) groups excluding carboxylic acids is 1. The fourth-order valence-electron chi connectivity index (χ4n) is 2.75. The zero-order valence-corrected chi connectivity index (χ0v) is 15.0. The molecule has 0 aliphatic heterocycles. The number of nitrogens with one attached hydrogen (secondary N) is 2. The molecular formula is C21H18F3N3O. The molecule has 0 aliphatic rings. The highest BCUT2D eigenvalue weighted by Gasteiger charge is 2.30. The van der Waals surface area contributed by atoms with Crippen molar-refractivity contribution in [3.63, 3.8) is 0 Å². The molecule has 1 heterocycles. The minimum Gasteiger partial charge on any atom is -0.380 e. The number of alkyl halides is 3. The van der Waals surface area contributed by atoms with Crippen LogP contribution in [0.15, 0.2) is 67.0 Å². The Morgan fingerprint density at radius 1 is 1.04 bits per heavy atom. The lowest BCUT2D eigenvalue weighted by atomic mass is 10.1. The Morgan fingerprint density at radius 2 is 1.75 bits per heavy atom. The van der Waals surface area contributed by atoms with Gasteiger partial charge in [-0.15, -0.1) is 0 Å². The van der Waals surface area contributed by atoms with Crippen LogP contribution in [0.25, 0.3) is 0 Å². The second-order valence-corrected chi connectivity index (χ2v) is 6.24. The van der Waals surface area contributed by atoms with Gasteiger partial charge in [0.15, 0.2) is 0 Å². The lowest BCUT2D eigenvalue weighted by molar-refractivity contribution is -0.137. The van der Waals surface area contributed by atoms with E-state index in [4.69, 9.17) is 0 Å². The van der Waals surface area contributed by atoms with Crippen LogP contribution >= 0.6 is 0 Å². The maximum atomic E-state index is 12.9. The van der Waals surface area contributed by atoms with Gasteiger partial charge in [-0.1, -0.05) is 18.2 Å². The van der Waals surface area contributed by atoms with Crippen molar-refractivity contribution < 1.29 is 18.0 Å². The number of rotatable bonds is 5. The second kappa shape index (κ2) is 8.12. The van der Waals surface area contributed by atoms with Crippen molar-refractivity contribution in [2.75, 3.05) is 10.6 Å². The van der Waals surface area contributed by atoms with E-state index in [1.165, 1.54) is 12.1 Å². The Bertz CT molecular complexity index is 972. The SMILES string of the molecule is Cc1cccc(C(=O)Nc2cccc(C(F)(F)F)c2)c1NCc1ccncc1. The predicted molar refractivity (Wildman–Crippen MR) is 102 cm³/mol. The van der Waals surface area contributed by atoms with Gasteiger partial charge in [-0.2, -0.15) is 13.2 Å². The summed E-state index contributed by atoms with van der Waals surface area (Å²) >= 11 is 0. The number of halogens is 3. The van der Waals surface area contributed by atoms with Gasteiger partial charge in [-0.05, 0) is 54.4 Å². The molecule has 1 aromatic heterocycles. The Balaban J connectivity index is 1.81. The molecule has 3 aromatic rings. The lowest BCUT2D eigenvalue weighted by Gasteiger charge is -2.15. The van der Waals surface area contributed by atoms with Gasteiger partial charge in [-0.3, -0.25) is 9.78 Å². The van der Waals surface area contributed by atoms with Crippen molar-refractivity contribution in [1.82, 2.24) is 4.98 Å². The van der Waals surface area contributed by atoms with Crippen molar-refractivity contribution in [2.45, 2.75) is 19.6 Å². The molecule has 0 bridgehead atoms. The van der Waals surface area contributed by atoms with E-state index < -0.39 is 17.6 Å². The van der Waals surface area contributed by atoms with Crippen molar-refractivity contribution in [3.8, 4) is 0 Å². The van der Waals surface area contributed by atoms with Crippen LogP contribution in [0.3, 0.4) is 0 Å². The number of hydrogen-bond donors (Lipinski definition) is 2. The number of pyridine rings is 1. The van der Waals surface area contributed by atoms with E-state index in [0.717, 1.165) is 23.3 Å². The highest BCUT2D eigenvalue weighted by Crippen LogP contribution is 2.31. The predicted octanol–water partition coefficient (Wildman–Crippen LogP) is 5.27. The van der Waals surface area contributed by atoms with E-state index in [9.17, 15) is 18.0 Å². The van der Waals surface area contributed by atoms with Crippen LogP contribution in [-0.2, 0) is 12.7 Å². The number of hydrogen-bond acceptors (Lipinski definition) is 3. The topological polar surface area (TPSA) is 54.0 Å². The third-order valence-corrected chi connectivity index (χ3v) is 4.18. The molecule has 28 heavy (non-hydrogen) atoms. The fourth-order valence-corrected chi connectivity index (χ4v) is 2.75. The van der Waals surface area contributed by atoms with Gasteiger partial charge in [-0.25, -0.2) is 0 Å². The van der Waals surface area contributed by atoms with Gasteiger partial charge >= 0.3 is 6.18 Å². The Labute approximate surface area is 160 Å². The quantitative estimate of drug-likeness (QED) is 0.629. The van der Waals surface area contributed by atoms with E-state index in [1.54, 1.807) is 24.5 Å². The number of aryl methyl sites for hydroxylation is 1. The highest BCUT2D eigenvalue weighted by molar-refractivity contribution is 6.08. The second-order valence-electron chi connectivity index (χ2n) is 6.24. The van der Waals surface area contributed by atoms with Gasteiger partial charge in [0.05, 0.1) is 16.8 Å². The first-order valence-electron chi connectivity index (χ1n) is 8.55. The van der Waals surface area contributed by atoms with Crippen molar-refractivity contribution >= 4 is 17.3 Å². The molecule has 0 radical (unpaired) electrons. The first kappa shape index (κ1) is 19.4. The number of benzene rings is 2. The molecule has 4 nitrogen and oxygen atoms in total. The first-order chi connectivity index (χ1) is 13.3. The molecule has 0 saturated carbocycles. The van der Waals surface area contributed by atoms with Crippen LogP contribution in [0.4, 0.5) is 24.5 Å². The molecule has 0 aliphatic carbocycles. The third-order valence-electron chi connectivity index (χ3n) is 4.18. The van der Waals surface area contributed by atoms with Crippen LogP contribution in [0.2, 0.25) is 0 Å². The standard InChI is InChI=1S/C21H18F3N3O/c1-14-4-2-7-18(19(14)26-13-15-8-10-25-11-9-15)20(28)27-17-6-3-5-16(12-17)21(22,23)24/h2-12,26H,13H2,1H3,(H,27,28). The summed E-state index contributed by atoms with van der Waals surface area (Å²) in [6.07, 6.45) is -1.12. The van der Waals surface area contributed by atoms with Crippen LogP contribution < -0.4 is 10.6 Å². The molecule has 3 rings (SSSR count). The number of aromatic nitrogens is 1. The first-order valence-corrected chi connectivity index (χ1v) is 8.55. The van der Waals surface area contributed by atoms with Crippen molar-refractivity contribution in [3.05, 3.63) is 89.2 Å². The van der Waals surface area contributed by atoms with Crippen molar-refractivity contribution in [1.29, 1.82) is 0 Å². The lowest BCUT2D eigenvalue weighted by Crippen LogP contribution is -2.16. The Kier molecular flexibility index (Phi) is 5.63. The molecule has 7 heteroatoms. The smallest absolute Gasteiger partial charge is 0.380 e. The number of nitrogens with zero attached hydrogens (tertiary/aromatic N) is 1. The van der Waals surface area contributed by atoms with Crippen LogP contribution in [0.1, 0.15) is 27.0 Å². The van der Waals surface area contributed by atoms with E-state index in [1.807, 2.05) is 25.1 Å². The Morgan fingerprint density at radius 3 is 2.46 bits per heavy atom. The Hall–Kier alpha value is -3.35. The average Bonchev–Trinajstić information content (AvgIpc) is 2.67. The normalized spacial score (nSPS) is 11.1. The summed E-state index contributed by atoms with van der Waals surface area (Å²) in [5.74, 6) is -0.486. The van der Waals surface area contributed by atoms with Crippen LogP contribution in [-0.4, -0.2) is 10.9 Å². The number of carbonyl (C=O) groups is 1. The summed E-state index contributed by atoms with van der Waals surface area (Å²) in [5.41, 5.74) is 2.09. The molecule has 0 saturated heterocycles. The number of anilines is 2. The molecular weight excluding hydrogens is 367 g/mol. The number of para-hydroxylation sites is 1. The van der Waals surface area contributed by atoms with Gasteiger partial charge in [0, 0.05) is 24.6 Å². The van der Waals surface area contributed by atoms with Gasteiger partial charge < -0.3 is 10.6 Å². The van der Waals surface area contributed by atoms with E-state index in [0.29, 0.717) is 17.8 Å². The van der Waals surface area contributed by atoms with E-state index in [-0.39, 0.29) is 5.69 Å². The van der Waals surface area contributed by atoms with Crippen molar-refractivity contribution in [2.24, 2.45) is 0 Å². The maximum absolute atomic E-state index is 12.9. The average molecular weight is 385 g/mol. The fraction of sp³-hybridized carbons (Fsp3) is 0.143. The maximum Gasteiger partial charge on any atom is 0.416 e. The molecule has 2 N–H and O–H groups in total. The molecule has 0 unspecified atom stereocenters. The molecule has 0 spiro atoms. The molecule has 0 fully saturated rings. The minimum absolute atomic E-state index is 0.0846. The summed E-state index contributed by atoms with van der Waals surface area (Å²) in [6.45, 7) is 2.34. The van der Waals surface area contributed by atoms with Gasteiger partial charge in [0.25, 0.3) is 5.91 Å². The number of amides is 1. The molecule has 2 aromatic carbocycles. The minimum atomic E-state index is -4.47. The monoisotopic (exact) mass is 385 g/mol. The third kappa shape index (κ3) is 4.68. The summed E-state index contributed by atoms with van der Waals surface area (Å²) in [7, 11) is 0. The summed E-state index contributed by atoms with van der Waals surface area (Å²) in [5, 5.41) is 5.78. The molecule has 1 amide bonds. The molecule has 0 atom stereocenters. The zero-order chi connectivity index (χ0) is 20.1. The van der Waals surface area contributed by atoms with E-state index in [2.05, 4.69) is 15.6 Å². The summed E-state index contributed by atoms with van der Waals surface area (Å²) in [6, 6.07) is 13.5. The van der Waals surface area contributed by atoms with Crippen LogP contribution in [0.5, 0.6) is 0 Å². The molecule has 144 valence electrons.